The molecule has 74 valence electrons. The fourth-order valence-electron chi connectivity index (χ4n) is 1.16. The SMILES string of the molecule is C=CCNC(=O)c1n[nH]c(C2CC2)n1. The van der Waals surface area contributed by atoms with Crippen LogP contribution in [0.2, 0.25) is 0 Å². The molecule has 0 bridgehead atoms. The minimum absolute atomic E-state index is 0.216. The summed E-state index contributed by atoms with van der Waals surface area (Å²) in [4.78, 5) is 15.5. The summed E-state index contributed by atoms with van der Waals surface area (Å²) < 4.78 is 0. The molecule has 0 aromatic carbocycles. The Morgan fingerprint density at radius 2 is 2.50 bits per heavy atom. The van der Waals surface area contributed by atoms with Crippen LogP contribution >= 0.6 is 0 Å². The number of rotatable bonds is 4. The predicted molar refractivity (Wildman–Crippen MR) is 50.9 cm³/mol. The fourth-order valence-corrected chi connectivity index (χ4v) is 1.16. The monoisotopic (exact) mass is 192 g/mol. The van der Waals surface area contributed by atoms with E-state index < -0.39 is 0 Å². The highest BCUT2D eigenvalue weighted by Gasteiger charge is 2.27. The standard InChI is InChI=1S/C9H12N4O/c1-2-5-10-9(14)8-11-7(12-13-8)6-3-4-6/h2,6H,1,3-5H2,(H,10,14)(H,11,12,13). The molecule has 1 fully saturated rings. The third kappa shape index (κ3) is 1.81. The van der Waals surface area contributed by atoms with Gasteiger partial charge in [0, 0.05) is 12.5 Å². The van der Waals surface area contributed by atoms with Crippen molar-refractivity contribution in [1.82, 2.24) is 20.5 Å². The quantitative estimate of drug-likeness (QED) is 0.686. The Morgan fingerprint density at radius 1 is 1.71 bits per heavy atom. The van der Waals surface area contributed by atoms with E-state index in [0.29, 0.717) is 12.5 Å². The van der Waals surface area contributed by atoms with Crippen molar-refractivity contribution >= 4 is 5.91 Å². The average Bonchev–Trinajstić information content (AvgIpc) is 2.93. The largest absolute Gasteiger partial charge is 0.346 e. The zero-order valence-corrected chi connectivity index (χ0v) is 7.79. The Hall–Kier alpha value is -1.65. The van der Waals surface area contributed by atoms with Gasteiger partial charge >= 0.3 is 0 Å². The fraction of sp³-hybridized carbons (Fsp3) is 0.444. The molecular weight excluding hydrogens is 180 g/mol. The third-order valence-electron chi connectivity index (χ3n) is 2.08. The molecule has 0 radical (unpaired) electrons. The van der Waals surface area contributed by atoms with Crippen LogP contribution in [-0.4, -0.2) is 27.6 Å². The molecule has 14 heavy (non-hydrogen) atoms. The molecule has 1 heterocycles. The van der Waals surface area contributed by atoms with Gasteiger partial charge in [0.1, 0.15) is 5.82 Å². The third-order valence-corrected chi connectivity index (χ3v) is 2.08. The number of aromatic nitrogens is 3. The minimum Gasteiger partial charge on any atom is -0.346 e. The number of hydrogen-bond acceptors (Lipinski definition) is 3. The summed E-state index contributed by atoms with van der Waals surface area (Å²) >= 11 is 0. The second-order valence-electron chi connectivity index (χ2n) is 3.32. The van der Waals surface area contributed by atoms with E-state index in [1.54, 1.807) is 6.08 Å². The molecule has 1 aliphatic rings. The van der Waals surface area contributed by atoms with Crippen molar-refractivity contribution in [1.29, 1.82) is 0 Å². The highest BCUT2D eigenvalue weighted by atomic mass is 16.2. The molecule has 1 amide bonds. The van der Waals surface area contributed by atoms with Crippen molar-refractivity contribution in [2.75, 3.05) is 6.54 Å². The van der Waals surface area contributed by atoms with Gasteiger partial charge in [0.05, 0.1) is 0 Å². The molecule has 0 saturated heterocycles. The number of aromatic amines is 1. The Kier molecular flexibility index (Phi) is 2.30. The van der Waals surface area contributed by atoms with Gasteiger partial charge in [-0.15, -0.1) is 11.7 Å². The molecule has 2 rings (SSSR count). The average molecular weight is 192 g/mol. The number of H-pyrrole nitrogens is 1. The topological polar surface area (TPSA) is 70.7 Å². The lowest BCUT2D eigenvalue weighted by Gasteiger charge is -1.95. The summed E-state index contributed by atoms with van der Waals surface area (Å²) in [5.41, 5.74) is 0. The Bertz CT molecular complexity index is 353. The molecule has 0 spiro atoms. The van der Waals surface area contributed by atoms with Crippen molar-refractivity contribution in [3.63, 3.8) is 0 Å². The zero-order valence-electron chi connectivity index (χ0n) is 7.79. The molecule has 2 N–H and O–H groups in total. The van der Waals surface area contributed by atoms with Gasteiger partial charge in [-0.05, 0) is 12.8 Å². The van der Waals surface area contributed by atoms with Gasteiger partial charge in [-0.2, -0.15) is 0 Å². The van der Waals surface area contributed by atoms with E-state index in [2.05, 4.69) is 27.1 Å². The molecule has 1 saturated carbocycles. The van der Waals surface area contributed by atoms with Crippen molar-refractivity contribution < 1.29 is 4.79 Å². The lowest BCUT2D eigenvalue weighted by molar-refractivity contribution is 0.0948. The summed E-state index contributed by atoms with van der Waals surface area (Å²) in [7, 11) is 0. The summed E-state index contributed by atoms with van der Waals surface area (Å²) in [6.45, 7) is 3.94. The lowest BCUT2D eigenvalue weighted by Crippen LogP contribution is -2.24. The van der Waals surface area contributed by atoms with Gasteiger partial charge in [0.25, 0.3) is 5.91 Å². The Morgan fingerprint density at radius 3 is 3.14 bits per heavy atom. The molecule has 1 aromatic heterocycles. The number of nitrogens with one attached hydrogen (secondary N) is 2. The summed E-state index contributed by atoms with van der Waals surface area (Å²) in [6.07, 6.45) is 3.90. The van der Waals surface area contributed by atoms with Crippen LogP contribution in [-0.2, 0) is 0 Å². The number of hydrogen-bond donors (Lipinski definition) is 2. The molecule has 5 nitrogen and oxygen atoms in total. The van der Waals surface area contributed by atoms with E-state index in [0.717, 1.165) is 18.7 Å². The molecule has 1 aromatic rings. The predicted octanol–water partition coefficient (Wildman–Crippen LogP) is 0.598. The smallest absolute Gasteiger partial charge is 0.291 e. The van der Waals surface area contributed by atoms with Gasteiger partial charge in [0.2, 0.25) is 5.82 Å². The number of carbonyl (C=O) groups excluding carboxylic acids is 1. The van der Waals surface area contributed by atoms with E-state index in [1.807, 2.05) is 0 Å². The van der Waals surface area contributed by atoms with E-state index in [4.69, 9.17) is 0 Å². The Balaban J connectivity index is 2.00. The van der Waals surface area contributed by atoms with E-state index in [9.17, 15) is 4.79 Å². The molecule has 5 heteroatoms. The summed E-state index contributed by atoms with van der Waals surface area (Å²) in [5.74, 6) is 1.28. The highest BCUT2D eigenvalue weighted by molar-refractivity contribution is 5.90. The number of carbonyl (C=O) groups is 1. The highest BCUT2D eigenvalue weighted by Crippen LogP contribution is 2.37. The number of amides is 1. The zero-order chi connectivity index (χ0) is 9.97. The first-order valence-corrected chi connectivity index (χ1v) is 4.62. The Labute approximate surface area is 81.6 Å². The van der Waals surface area contributed by atoms with E-state index in [1.165, 1.54) is 0 Å². The molecule has 1 aliphatic carbocycles. The number of nitrogens with zero attached hydrogens (tertiary/aromatic N) is 2. The van der Waals surface area contributed by atoms with Gasteiger partial charge in [-0.3, -0.25) is 9.89 Å². The first kappa shape index (κ1) is 8.93. The van der Waals surface area contributed by atoms with Crippen molar-refractivity contribution in [2.24, 2.45) is 0 Å². The van der Waals surface area contributed by atoms with Gasteiger partial charge in [0.15, 0.2) is 0 Å². The van der Waals surface area contributed by atoms with Crippen LogP contribution in [0.1, 0.15) is 35.2 Å². The lowest BCUT2D eigenvalue weighted by atomic mass is 10.4. The second-order valence-corrected chi connectivity index (χ2v) is 3.32. The first-order chi connectivity index (χ1) is 6.81. The van der Waals surface area contributed by atoms with Gasteiger partial charge in [-0.25, -0.2) is 4.98 Å². The normalized spacial score (nSPS) is 15.1. The van der Waals surface area contributed by atoms with E-state index in [-0.39, 0.29) is 11.7 Å². The summed E-state index contributed by atoms with van der Waals surface area (Å²) in [5, 5.41) is 9.24. The van der Waals surface area contributed by atoms with Crippen LogP contribution in [0.4, 0.5) is 0 Å². The first-order valence-electron chi connectivity index (χ1n) is 4.62. The van der Waals surface area contributed by atoms with Crippen LogP contribution in [0.3, 0.4) is 0 Å². The van der Waals surface area contributed by atoms with Crippen LogP contribution in [0.25, 0.3) is 0 Å². The minimum atomic E-state index is -0.256. The van der Waals surface area contributed by atoms with E-state index >= 15 is 0 Å². The van der Waals surface area contributed by atoms with Crippen molar-refractivity contribution in [3.8, 4) is 0 Å². The van der Waals surface area contributed by atoms with Crippen LogP contribution in [0.5, 0.6) is 0 Å². The maximum atomic E-state index is 11.4. The maximum Gasteiger partial charge on any atom is 0.291 e. The molecule has 0 unspecified atom stereocenters. The maximum absolute atomic E-state index is 11.4. The van der Waals surface area contributed by atoms with Gasteiger partial charge < -0.3 is 5.32 Å². The summed E-state index contributed by atoms with van der Waals surface area (Å²) in [6, 6.07) is 0. The van der Waals surface area contributed by atoms with Crippen molar-refractivity contribution in [3.05, 3.63) is 24.3 Å². The molecule has 0 aliphatic heterocycles. The molecule has 0 atom stereocenters. The molecular formula is C9H12N4O. The van der Waals surface area contributed by atoms with Crippen LogP contribution in [0, 0.1) is 0 Å². The van der Waals surface area contributed by atoms with Gasteiger partial charge in [-0.1, -0.05) is 6.08 Å². The van der Waals surface area contributed by atoms with Crippen LogP contribution in [0.15, 0.2) is 12.7 Å². The second kappa shape index (κ2) is 3.61. The van der Waals surface area contributed by atoms with Crippen LogP contribution < -0.4 is 5.32 Å². The van der Waals surface area contributed by atoms with Crippen molar-refractivity contribution in [2.45, 2.75) is 18.8 Å².